The number of carbonyl (C=O) groups excluding carboxylic acids is 2. The lowest BCUT2D eigenvalue weighted by atomic mass is 10.2. The monoisotopic (exact) mass is 516 g/mol. The molecule has 0 fully saturated rings. The Kier molecular flexibility index (Phi) is 6.18. The van der Waals surface area contributed by atoms with Crippen molar-refractivity contribution in [3.8, 4) is 0 Å². The molecule has 0 saturated heterocycles. The molecule has 32 heavy (non-hydrogen) atoms. The second-order valence-electron chi connectivity index (χ2n) is 7.11. The summed E-state index contributed by atoms with van der Waals surface area (Å²) in [7, 11) is 3.25. The molecule has 0 spiro atoms. The first-order chi connectivity index (χ1) is 14.8. The summed E-state index contributed by atoms with van der Waals surface area (Å²) < 4.78 is 43.0. The molecule has 0 aliphatic heterocycles. The van der Waals surface area contributed by atoms with Crippen molar-refractivity contribution in [2.24, 2.45) is 14.1 Å². The summed E-state index contributed by atoms with van der Waals surface area (Å²) in [5.74, 6) is -1.21. The highest BCUT2D eigenvalue weighted by molar-refractivity contribution is 9.10. The van der Waals surface area contributed by atoms with Crippen molar-refractivity contribution >= 4 is 39.1 Å². The summed E-state index contributed by atoms with van der Waals surface area (Å²) in [6, 6.07) is -1.10. The second-order valence-corrected chi connectivity index (χ2v) is 7.90. The molecule has 1 unspecified atom stereocenters. The van der Waals surface area contributed by atoms with E-state index in [4.69, 9.17) is 0 Å². The Hall–Kier alpha value is -3.16. The minimum absolute atomic E-state index is 0.0585. The average molecular weight is 517 g/mol. The van der Waals surface area contributed by atoms with Crippen molar-refractivity contribution in [3.05, 3.63) is 39.6 Å². The van der Waals surface area contributed by atoms with Gasteiger partial charge in [0.05, 0.1) is 39.6 Å². The number of aromatic nitrogens is 6. The predicted octanol–water partition coefficient (Wildman–Crippen LogP) is 3.20. The first kappa shape index (κ1) is 23.5. The zero-order chi connectivity index (χ0) is 24.0. The second kappa shape index (κ2) is 8.41. The number of rotatable bonds is 5. The molecule has 3 aromatic heterocycles. The maximum Gasteiger partial charge on any atom is 0.436 e. The van der Waals surface area contributed by atoms with Crippen LogP contribution in [0.1, 0.15) is 40.5 Å². The van der Waals surface area contributed by atoms with E-state index in [2.05, 4.69) is 41.9 Å². The topological polar surface area (TPSA) is 112 Å². The Morgan fingerprint density at radius 1 is 1.03 bits per heavy atom. The summed E-state index contributed by atoms with van der Waals surface area (Å²) in [6.07, 6.45) is -1.91. The molecule has 0 radical (unpaired) electrons. The van der Waals surface area contributed by atoms with Crippen molar-refractivity contribution in [3.63, 3.8) is 0 Å². The van der Waals surface area contributed by atoms with E-state index < -0.39 is 29.7 Å². The van der Waals surface area contributed by atoms with Crippen LogP contribution in [-0.2, 0) is 25.1 Å². The van der Waals surface area contributed by atoms with Crippen LogP contribution >= 0.6 is 15.9 Å². The summed E-state index contributed by atoms with van der Waals surface area (Å²) in [4.78, 5) is 25.6. The lowest BCUT2D eigenvalue weighted by Crippen LogP contribution is -2.27. The van der Waals surface area contributed by atoms with E-state index in [0.29, 0.717) is 5.69 Å². The lowest BCUT2D eigenvalue weighted by Gasteiger charge is -2.15. The molecule has 14 heteroatoms. The van der Waals surface area contributed by atoms with Crippen molar-refractivity contribution in [2.45, 2.75) is 33.0 Å². The van der Waals surface area contributed by atoms with Gasteiger partial charge in [0.2, 0.25) is 5.91 Å². The highest BCUT2D eigenvalue weighted by Gasteiger charge is 2.39. The fourth-order valence-corrected chi connectivity index (χ4v) is 3.49. The number of hydrogen-bond donors (Lipinski definition) is 2. The minimum atomic E-state index is -4.68. The van der Waals surface area contributed by atoms with Gasteiger partial charge in [-0.1, -0.05) is 0 Å². The standard InChI is InChI=1S/C18H20BrF3N8O2/c1-8-11(6-23-28(8)4)25-17(32)14-12(7-24-29(14)5)26-16(31)10(3)30-9(2)13(19)15(27-30)18(20,21)22/h6-7,10H,1-5H3,(H,25,32)(H,26,31). The number of nitrogens with zero attached hydrogens (tertiary/aromatic N) is 6. The normalized spacial score (nSPS) is 12.7. The smallest absolute Gasteiger partial charge is 0.321 e. The van der Waals surface area contributed by atoms with Gasteiger partial charge < -0.3 is 10.6 Å². The molecule has 2 N–H and O–H groups in total. The molecule has 0 aliphatic carbocycles. The van der Waals surface area contributed by atoms with Gasteiger partial charge in [-0.25, -0.2) is 0 Å². The van der Waals surface area contributed by atoms with E-state index in [1.165, 1.54) is 38.0 Å². The molecule has 1 atom stereocenters. The summed E-state index contributed by atoms with van der Waals surface area (Å²) >= 11 is 2.89. The lowest BCUT2D eigenvalue weighted by molar-refractivity contribution is -0.142. The van der Waals surface area contributed by atoms with Gasteiger partial charge in [0, 0.05) is 14.1 Å². The first-order valence-electron chi connectivity index (χ1n) is 9.27. The summed E-state index contributed by atoms with van der Waals surface area (Å²) in [6.45, 7) is 4.59. The van der Waals surface area contributed by atoms with Crippen molar-refractivity contribution in [1.29, 1.82) is 0 Å². The summed E-state index contributed by atoms with van der Waals surface area (Å²) in [5.41, 5.74) is 0.381. The average Bonchev–Trinajstić information content (AvgIpc) is 3.33. The highest BCUT2D eigenvalue weighted by Crippen LogP contribution is 2.36. The van der Waals surface area contributed by atoms with Crippen LogP contribution in [0.2, 0.25) is 0 Å². The number of aryl methyl sites for hydroxylation is 2. The zero-order valence-corrected chi connectivity index (χ0v) is 19.3. The van der Waals surface area contributed by atoms with Gasteiger partial charge in [0.1, 0.15) is 11.7 Å². The summed E-state index contributed by atoms with van der Waals surface area (Å²) in [5, 5.41) is 16.9. The van der Waals surface area contributed by atoms with Gasteiger partial charge in [-0.15, -0.1) is 0 Å². The van der Waals surface area contributed by atoms with Crippen molar-refractivity contribution in [1.82, 2.24) is 29.3 Å². The van der Waals surface area contributed by atoms with E-state index in [-0.39, 0.29) is 21.5 Å². The zero-order valence-electron chi connectivity index (χ0n) is 17.7. The maximum absolute atomic E-state index is 13.1. The van der Waals surface area contributed by atoms with Crippen LogP contribution < -0.4 is 10.6 Å². The number of halogens is 4. The van der Waals surface area contributed by atoms with Crippen LogP contribution in [0.4, 0.5) is 24.5 Å². The Morgan fingerprint density at radius 3 is 2.16 bits per heavy atom. The van der Waals surface area contributed by atoms with Gasteiger partial charge in [0.25, 0.3) is 5.91 Å². The third kappa shape index (κ3) is 4.26. The third-order valence-electron chi connectivity index (χ3n) is 4.99. The van der Waals surface area contributed by atoms with E-state index in [0.717, 1.165) is 10.4 Å². The Labute approximate surface area is 188 Å². The Bertz CT molecular complexity index is 1190. The highest BCUT2D eigenvalue weighted by atomic mass is 79.9. The number of carbonyl (C=O) groups is 2. The SMILES string of the molecule is Cc1c(NC(=O)c2c(NC(=O)C(C)n3nc(C(F)(F)F)c(Br)c3C)cnn2C)cnn1C. The molecular weight excluding hydrogens is 497 g/mol. The van der Waals surface area contributed by atoms with E-state index in [1.807, 2.05) is 0 Å². The largest absolute Gasteiger partial charge is 0.436 e. The molecule has 2 amide bonds. The number of alkyl halides is 3. The fraction of sp³-hybridized carbons (Fsp3) is 0.389. The van der Waals surface area contributed by atoms with Crippen LogP contribution in [0.3, 0.4) is 0 Å². The molecule has 3 aromatic rings. The van der Waals surface area contributed by atoms with E-state index in [9.17, 15) is 22.8 Å². The van der Waals surface area contributed by atoms with Gasteiger partial charge in [-0.2, -0.15) is 28.5 Å². The molecule has 0 bridgehead atoms. The molecule has 10 nitrogen and oxygen atoms in total. The molecule has 0 aliphatic rings. The first-order valence-corrected chi connectivity index (χ1v) is 10.1. The van der Waals surface area contributed by atoms with Crippen molar-refractivity contribution < 1.29 is 22.8 Å². The van der Waals surface area contributed by atoms with E-state index >= 15 is 0 Å². The van der Waals surface area contributed by atoms with E-state index in [1.54, 1.807) is 18.7 Å². The Balaban J connectivity index is 1.84. The molecule has 0 aromatic carbocycles. The number of amides is 2. The van der Waals surface area contributed by atoms with Crippen LogP contribution in [0, 0.1) is 13.8 Å². The number of nitrogens with one attached hydrogen (secondary N) is 2. The molecule has 172 valence electrons. The van der Waals surface area contributed by atoms with Gasteiger partial charge in [0.15, 0.2) is 5.69 Å². The third-order valence-corrected chi connectivity index (χ3v) is 5.94. The fourth-order valence-electron chi connectivity index (χ4n) is 3.01. The molecule has 3 heterocycles. The van der Waals surface area contributed by atoms with Crippen LogP contribution in [0.5, 0.6) is 0 Å². The van der Waals surface area contributed by atoms with Crippen LogP contribution in [0.15, 0.2) is 16.9 Å². The molecule has 3 rings (SSSR count). The van der Waals surface area contributed by atoms with Gasteiger partial charge in [-0.05, 0) is 36.7 Å². The minimum Gasteiger partial charge on any atom is -0.321 e. The van der Waals surface area contributed by atoms with Gasteiger partial charge >= 0.3 is 6.18 Å². The quantitative estimate of drug-likeness (QED) is 0.540. The molecule has 0 saturated carbocycles. The maximum atomic E-state index is 13.1. The van der Waals surface area contributed by atoms with Crippen molar-refractivity contribution in [2.75, 3.05) is 10.6 Å². The Morgan fingerprint density at radius 2 is 1.62 bits per heavy atom. The number of anilines is 2. The van der Waals surface area contributed by atoms with Gasteiger partial charge in [-0.3, -0.25) is 23.6 Å². The van der Waals surface area contributed by atoms with Crippen LogP contribution in [-0.4, -0.2) is 41.2 Å². The van der Waals surface area contributed by atoms with Crippen LogP contribution in [0.25, 0.3) is 0 Å². The molecular formula is C18H20BrF3N8O2. The number of hydrogen-bond acceptors (Lipinski definition) is 5. The predicted molar refractivity (Wildman–Crippen MR) is 112 cm³/mol.